The Bertz CT molecular complexity index is 1050. The van der Waals surface area contributed by atoms with E-state index in [0.717, 1.165) is 28.8 Å². The van der Waals surface area contributed by atoms with Crippen LogP contribution in [-0.4, -0.2) is 28.0 Å². The molecule has 0 aliphatic heterocycles. The summed E-state index contributed by atoms with van der Waals surface area (Å²) in [7, 11) is 0. The summed E-state index contributed by atoms with van der Waals surface area (Å²) in [6, 6.07) is 8.14. The lowest BCUT2D eigenvalue weighted by Gasteiger charge is -2.12. The minimum atomic E-state index is -0.107. The van der Waals surface area contributed by atoms with E-state index >= 15 is 0 Å². The maximum Gasteiger partial charge on any atom is 0.262 e. The summed E-state index contributed by atoms with van der Waals surface area (Å²) >= 11 is 1.46. The second-order valence-corrected chi connectivity index (χ2v) is 8.35. The number of amides is 1. The Kier molecular flexibility index (Phi) is 5.28. The Morgan fingerprint density at radius 2 is 2.11 bits per heavy atom. The Morgan fingerprint density at radius 1 is 1.36 bits per heavy atom. The summed E-state index contributed by atoms with van der Waals surface area (Å²) in [5, 5.41) is 5.46. The average molecular weight is 397 g/mol. The van der Waals surface area contributed by atoms with Crippen molar-refractivity contribution in [3.63, 3.8) is 0 Å². The van der Waals surface area contributed by atoms with Crippen LogP contribution in [0.5, 0.6) is 0 Å². The third-order valence-electron chi connectivity index (χ3n) is 5.27. The fourth-order valence-corrected chi connectivity index (χ4v) is 4.21. The first-order valence-corrected chi connectivity index (χ1v) is 10.5. The number of fused-ring (bicyclic) bond motifs is 1. The Hall–Kier alpha value is -2.51. The molecule has 1 aromatic carbocycles. The summed E-state index contributed by atoms with van der Waals surface area (Å²) in [4.78, 5) is 30.3. The van der Waals surface area contributed by atoms with Crippen molar-refractivity contribution in [1.82, 2.24) is 14.9 Å². The normalized spacial score (nSPS) is 14.9. The summed E-state index contributed by atoms with van der Waals surface area (Å²) in [5.41, 5.74) is 8.97. The van der Waals surface area contributed by atoms with Gasteiger partial charge < -0.3 is 11.1 Å². The number of carbonyl (C=O) groups is 1. The molecule has 6 nitrogen and oxygen atoms in total. The standard InChI is InChI=1S/C21H24N4O2S/c1-13-2-4-14(5-3-13)16-11-28-20-19(16)21(27)25(12-24-20)9-8-18(26)23-10-17(22)15-6-7-15/h2-5,11-12,15,17H,6-10,22H2,1H3,(H,23,26). The fourth-order valence-electron chi connectivity index (χ4n) is 3.31. The minimum Gasteiger partial charge on any atom is -0.354 e. The van der Waals surface area contributed by atoms with Gasteiger partial charge in [-0.2, -0.15) is 0 Å². The first-order valence-electron chi connectivity index (χ1n) is 9.59. The van der Waals surface area contributed by atoms with Crippen molar-refractivity contribution in [1.29, 1.82) is 0 Å². The highest BCUT2D eigenvalue weighted by Crippen LogP contribution is 2.31. The molecule has 1 unspecified atom stereocenters. The highest BCUT2D eigenvalue weighted by molar-refractivity contribution is 7.17. The predicted octanol–water partition coefficient (Wildman–Crippen LogP) is 2.68. The first kappa shape index (κ1) is 18.8. The smallest absolute Gasteiger partial charge is 0.262 e. The average Bonchev–Trinajstić information content (AvgIpc) is 3.46. The van der Waals surface area contributed by atoms with Crippen molar-refractivity contribution in [2.75, 3.05) is 6.54 Å². The van der Waals surface area contributed by atoms with Crippen LogP contribution >= 0.6 is 11.3 Å². The molecule has 0 saturated heterocycles. The second-order valence-electron chi connectivity index (χ2n) is 7.49. The van der Waals surface area contributed by atoms with E-state index in [-0.39, 0.29) is 23.9 Å². The van der Waals surface area contributed by atoms with Crippen LogP contribution in [0.3, 0.4) is 0 Å². The molecule has 2 aromatic heterocycles. The third-order valence-corrected chi connectivity index (χ3v) is 6.15. The van der Waals surface area contributed by atoms with Crippen LogP contribution in [0, 0.1) is 12.8 Å². The molecular weight excluding hydrogens is 372 g/mol. The molecule has 1 saturated carbocycles. The molecule has 0 spiro atoms. The molecule has 3 aromatic rings. The number of rotatable bonds is 7. The number of hydrogen-bond acceptors (Lipinski definition) is 5. The molecule has 0 bridgehead atoms. The largest absolute Gasteiger partial charge is 0.354 e. The van der Waals surface area contributed by atoms with E-state index in [1.54, 1.807) is 0 Å². The fraction of sp³-hybridized carbons (Fsp3) is 0.381. The summed E-state index contributed by atoms with van der Waals surface area (Å²) in [5.74, 6) is 0.459. The topological polar surface area (TPSA) is 90.0 Å². The van der Waals surface area contributed by atoms with Crippen LogP contribution in [0.25, 0.3) is 21.3 Å². The number of hydrogen-bond donors (Lipinski definition) is 2. The van der Waals surface area contributed by atoms with Gasteiger partial charge in [-0.05, 0) is 31.2 Å². The molecule has 1 amide bonds. The van der Waals surface area contributed by atoms with E-state index in [0.29, 0.717) is 24.4 Å². The lowest BCUT2D eigenvalue weighted by atomic mass is 10.1. The quantitative estimate of drug-likeness (QED) is 0.642. The van der Waals surface area contributed by atoms with Crippen molar-refractivity contribution < 1.29 is 4.79 Å². The van der Waals surface area contributed by atoms with E-state index in [2.05, 4.69) is 10.3 Å². The maximum atomic E-state index is 13.0. The van der Waals surface area contributed by atoms with Crippen LogP contribution in [-0.2, 0) is 11.3 Å². The van der Waals surface area contributed by atoms with Crippen LogP contribution in [0.4, 0.5) is 0 Å². The lowest BCUT2D eigenvalue weighted by Crippen LogP contribution is -2.39. The van der Waals surface area contributed by atoms with E-state index in [1.165, 1.54) is 27.8 Å². The van der Waals surface area contributed by atoms with Gasteiger partial charge >= 0.3 is 0 Å². The number of carbonyl (C=O) groups excluding carboxylic acids is 1. The third kappa shape index (κ3) is 4.00. The molecule has 0 radical (unpaired) electrons. The molecule has 146 valence electrons. The van der Waals surface area contributed by atoms with Crippen molar-refractivity contribution >= 4 is 27.5 Å². The van der Waals surface area contributed by atoms with Crippen molar-refractivity contribution in [3.05, 3.63) is 51.9 Å². The number of nitrogens with two attached hydrogens (primary N) is 1. The molecule has 1 fully saturated rings. The number of aromatic nitrogens is 2. The number of thiophene rings is 1. The van der Waals surface area contributed by atoms with Gasteiger partial charge in [-0.25, -0.2) is 4.98 Å². The Labute approximate surface area is 167 Å². The van der Waals surface area contributed by atoms with Crippen LogP contribution in [0.1, 0.15) is 24.8 Å². The van der Waals surface area contributed by atoms with Gasteiger partial charge in [0.05, 0.1) is 11.7 Å². The zero-order valence-corrected chi connectivity index (χ0v) is 16.7. The summed E-state index contributed by atoms with van der Waals surface area (Å²) in [6.07, 6.45) is 4.07. The van der Waals surface area contributed by atoms with Crippen molar-refractivity contribution in [3.8, 4) is 11.1 Å². The molecule has 3 N–H and O–H groups in total. The molecule has 4 rings (SSSR count). The number of nitrogens with zero attached hydrogens (tertiary/aromatic N) is 2. The van der Waals surface area contributed by atoms with Gasteiger partial charge in [-0.1, -0.05) is 29.8 Å². The molecule has 7 heteroatoms. The van der Waals surface area contributed by atoms with Crippen LogP contribution in [0.2, 0.25) is 0 Å². The first-order chi connectivity index (χ1) is 13.5. The van der Waals surface area contributed by atoms with E-state index < -0.39 is 0 Å². The van der Waals surface area contributed by atoms with E-state index in [4.69, 9.17) is 5.73 Å². The highest BCUT2D eigenvalue weighted by Gasteiger charge is 2.28. The Morgan fingerprint density at radius 3 is 2.82 bits per heavy atom. The van der Waals surface area contributed by atoms with E-state index in [9.17, 15) is 9.59 Å². The monoisotopic (exact) mass is 396 g/mol. The zero-order valence-electron chi connectivity index (χ0n) is 15.9. The summed E-state index contributed by atoms with van der Waals surface area (Å²) in [6.45, 7) is 2.83. The van der Waals surface area contributed by atoms with Gasteiger partial charge in [0.1, 0.15) is 4.83 Å². The molecule has 28 heavy (non-hydrogen) atoms. The van der Waals surface area contributed by atoms with Gasteiger partial charge in [0.2, 0.25) is 5.91 Å². The molecule has 2 heterocycles. The minimum absolute atomic E-state index is 0.0348. The second kappa shape index (κ2) is 7.85. The Balaban J connectivity index is 1.49. The summed E-state index contributed by atoms with van der Waals surface area (Å²) < 4.78 is 1.52. The molecule has 1 atom stereocenters. The van der Waals surface area contributed by atoms with Crippen molar-refractivity contribution in [2.24, 2.45) is 11.7 Å². The SMILES string of the molecule is Cc1ccc(-c2csc3ncn(CCC(=O)NCC(N)C4CC4)c(=O)c23)cc1. The lowest BCUT2D eigenvalue weighted by molar-refractivity contribution is -0.121. The van der Waals surface area contributed by atoms with Crippen LogP contribution < -0.4 is 16.6 Å². The van der Waals surface area contributed by atoms with E-state index in [1.807, 2.05) is 36.6 Å². The zero-order chi connectivity index (χ0) is 19.7. The van der Waals surface area contributed by atoms with Gasteiger partial charge in [-0.3, -0.25) is 14.2 Å². The predicted molar refractivity (Wildman–Crippen MR) is 112 cm³/mol. The molecular formula is C21H24N4O2S. The maximum absolute atomic E-state index is 13.0. The highest BCUT2D eigenvalue weighted by atomic mass is 32.1. The number of nitrogens with one attached hydrogen (secondary N) is 1. The van der Waals surface area contributed by atoms with Gasteiger partial charge in [0.15, 0.2) is 0 Å². The molecule has 1 aliphatic rings. The number of aryl methyl sites for hydroxylation is 2. The van der Waals surface area contributed by atoms with Crippen LogP contribution in [0.15, 0.2) is 40.8 Å². The van der Waals surface area contributed by atoms with Gasteiger partial charge in [0, 0.05) is 36.5 Å². The van der Waals surface area contributed by atoms with Crippen molar-refractivity contribution in [2.45, 2.75) is 38.8 Å². The van der Waals surface area contributed by atoms with Gasteiger partial charge in [0.25, 0.3) is 5.56 Å². The molecule has 1 aliphatic carbocycles. The number of benzene rings is 1. The van der Waals surface area contributed by atoms with Gasteiger partial charge in [-0.15, -0.1) is 11.3 Å².